The van der Waals surface area contributed by atoms with Gasteiger partial charge in [0.1, 0.15) is 0 Å². The second kappa shape index (κ2) is 6.25. The van der Waals surface area contributed by atoms with Gasteiger partial charge >= 0.3 is 0 Å². The van der Waals surface area contributed by atoms with Crippen LogP contribution in [0, 0.1) is 6.92 Å². The van der Waals surface area contributed by atoms with E-state index in [0.717, 1.165) is 11.3 Å². The van der Waals surface area contributed by atoms with Gasteiger partial charge in [0.05, 0.1) is 6.10 Å². The summed E-state index contributed by atoms with van der Waals surface area (Å²) in [7, 11) is 1.64. The molecule has 0 saturated carbocycles. The van der Waals surface area contributed by atoms with Crippen LogP contribution < -0.4 is 11.1 Å². The normalized spacial score (nSPS) is 12.2. The van der Waals surface area contributed by atoms with Gasteiger partial charge in [0, 0.05) is 24.9 Å². The summed E-state index contributed by atoms with van der Waals surface area (Å²) >= 11 is 0. The number of nitrogens with two attached hydrogens (primary N) is 1. The monoisotopic (exact) mass is 236 g/mol. The number of amides is 1. The molecule has 0 bridgehead atoms. The number of aryl methyl sites for hydroxylation is 1. The Morgan fingerprint density at radius 2 is 2.24 bits per heavy atom. The van der Waals surface area contributed by atoms with E-state index in [1.807, 2.05) is 26.0 Å². The van der Waals surface area contributed by atoms with E-state index in [-0.39, 0.29) is 12.0 Å². The molecule has 0 aliphatic rings. The van der Waals surface area contributed by atoms with Crippen molar-refractivity contribution in [1.29, 1.82) is 0 Å². The quantitative estimate of drug-likeness (QED) is 0.771. The van der Waals surface area contributed by atoms with E-state index in [1.165, 1.54) is 0 Å². The van der Waals surface area contributed by atoms with Gasteiger partial charge in [0.2, 0.25) is 5.91 Å². The molecule has 0 radical (unpaired) electrons. The molecule has 3 N–H and O–H groups in total. The SMILES string of the molecule is COC(C)CCC(=O)Nc1cc(N)ccc1C. The molecule has 4 heteroatoms. The number of hydrogen-bond acceptors (Lipinski definition) is 3. The molecule has 1 rings (SSSR count). The number of carbonyl (C=O) groups excluding carboxylic acids is 1. The largest absolute Gasteiger partial charge is 0.399 e. The molecule has 4 nitrogen and oxygen atoms in total. The van der Waals surface area contributed by atoms with E-state index in [9.17, 15) is 4.79 Å². The highest BCUT2D eigenvalue weighted by Crippen LogP contribution is 2.18. The first kappa shape index (κ1) is 13.5. The molecule has 1 aromatic carbocycles. The molecule has 1 unspecified atom stereocenters. The molecule has 1 atom stereocenters. The summed E-state index contributed by atoms with van der Waals surface area (Å²) in [6.45, 7) is 3.88. The number of carbonyl (C=O) groups is 1. The maximum atomic E-state index is 11.7. The van der Waals surface area contributed by atoms with Crippen LogP contribution in [0.2, 0.25) is 0 Å². The molecule has 0 saturated heterocycles. The standard InChI is InChI=1S/C13H20N2O2/c1-9-4-6-11(14)8-12(9)15-13(16)7-5-10(2)17-3/h4,6,8,10H,5,7,14H2,1-3H3,(H,15,16). The van der Waals surface area contributed by atoms with Gasteiger partial charge in [-0.2, -0.15) is 0 Å². The van der Waals surface area contributed by atoms with Gasteiger partial charge < -0.3 is 15.8 Å². The lowest BCUT2D eigenvalue weighted by atomic mass is 10.1. The van der Waals surface area contributed by atoms with Crippen LogP contribution in [0.5, 0.6) is 0 Å². The topological polar surface area (TPSA) is 64.3 Å². The number of hydrogen-bond donors (Lipinski definition) is 2. The van der Waals surface area contributed by atoms with Gasteiger partial charge in [-0.15, -0.1) is 0 Å². The van der Waals surface area contributed by atoms with Crippen molar-refractivity contribution in [1.82, 2.24) is 0 Å². The second-order valence-corrected chi connectivity index (χ2v) is 4.21. The van der Waals surface area contributed by atoms with E-state index in [1.54, 1.807) is 13.2 Å². The van der Waals surface area contributed by atoms with Crippen molar-refractivity contribution >= 4 is 17.3 Å². The Kier molecular flexibility index (Phi) is 4.97. The lowest BCUT2D eigenvalue weighted by molar-refractivity contribution is -0.116. The Morgan fingerprint density at radius 3 is 2.88 bits per heavy atom. The minimum atomic E-state index is -0.0115. The summed E-state index contributed by atoms with van der Waals surface area (Å²) < 4.78 is 5.09. The van der Waals surface area contributed by atoms with Crippen molar-refractivity contribution in [2.75, 3.05) is 18.2 Å². The van der Waals surface area contributed by atoms with Gasteiger partial charge in [0.25, 0.3) is 0 Å². The number of methoxy groups -OCH3 is 1. The molecule has 0 aliphatic heterocycles. The molecule has 17 heavy (non-hydrogen) atoms. The number of nitrogen functional groups attached to an aromatic ring is 1. The van der Waals surface area contributed by atoms with Crippen LogP contribution in [0.4, 0.5) is 11.4 Å². The zero-order valence-corrected chi connectivity index (χ0v) is 10.6. The zero-order chi connectivity index (χ0) is 12.8. The molecule has 0 aliphatic carbocycles. The highest BCUT2D eigenvalue weighted by atomic mass is 16.5. The van der Waals surface area contributed by atoms with Crippen molar-refractivity contribution in [2.24, 2.45) is 0 Å². The lowest BCUT2D eigenvalue weighted by Crippen LogP contribution is -2.15. The van der Waals surface area contributed by atoms with Crippen molar-refractivity contribution in [3.05, 3.63) is 23.8 Å². The Balaban J connectivity index is 2.53. The van der Waals surface area contributed by atoms with E-state index in [2.05, 4.69) is 5.32 Å². The Labute approximate surface area is 102 Å². The Morgan fingerprint density at radius 1 is 1.53 bits per heavy atom. The van der Waals surface area contributed by atoms with Gasteiger partial charge in [-0.25, -0.2) is 0 Å². The van der Waals surface area contributed by atoms with E-state index in [4.69, 9.17) is 10.5 Å². The fourth-order valence-electron chi connectivity index (χ4n) is 1.44. The predicted molar refractivity (Wildman–Crippen MR) is 69.9 cm³/mol. The molecule has 1 aromatic rings. The van der Waals surface area contributed by atoms with Crippen molar-refractivity contribution in [2.45, 2.75) is 32.8 Å². The third-order valence-corrected chi connectivity index (χ3v) is 2.72. The van der Waals surface area contributed by atoms with Crippen molar-refractivity contribution < 1.29 is 9.53 Å². The summed E-state index contributed by atoms with van der Waals surface area (Å²) in [4.78, 5) is 11.7. The first-order chi connectivity index (χ1) is 8.02. The summed E-state index contributed by atoms with van der Waals surface area (Å²) in [5, 5.41) is 2.86. The number of anilines is 2. The van der Waals surface area contributed by atoms with Crippen LogP contribution >= 0.6 is 0 Å². The van der Waals surface area contributed by atoms with Gasteiger partial charge in [-0.3, -0.25) is 4.79 Å². The molecule has 0 spiro atoms. The minimum absolute atomic E-state index is 0.0115. The fourth-order valence-corrected chi connectivity index (χ4v) is 1.44. The van der Waals surface area contributed by atoms with Crippen molar-refractivity contribution in [3.8, 4) is 0 Å². The molecule has 1 amide bonds. The summed E-state index contributed by atoms with van der Waals surface area (Å²) in [5.74, 6) is -0.0115. The first-order valence-electron chi connectivity index (χ1n) is 5.71. The van der Waals surface area contributed by atoms with Crippen molar-refractivity contribution in [3.63, 3.8) is 0 Å². The highest BCUT2D eigenvalue weighted by molar-refractivity contribution is 5.92. The third-order valence-electron chi connectivity index (χ3n) is 2.72. The van der Waals surface area contributed by atoms with Crippen LogP contribution in [-0.4, -0.2) is 19.1 Å². The van der Waals surface area contributed by atoms with Gasteiger partial charge in [-0.1, -0.05) is 6.07 Å². The lowest BCUT2D eigenvalue weighted by Gasteiger charge is -2.11. The second-order valence-electron chi connectivity index (χ2n) is 4.21. The zero-order valence-electron chi connectivity index (χ0n) is 10.6. The van der Waals surface area contributed by atoms with Gasteiger partial charge in [-0.05, 0) is 38.0 Å². The summed E-state index contributed by atoms with van der Waals surface area (Å²) in [6, 6.07) is 5.48. The molecule has 0 aromatic heterocycles. The minimum Gasteiger partial charge on any atom is -0.399 e. The maximum absolute atomic E-state index is 11.7. The molecule has 0 fully saturated rings. The van der Waals surface area contributed by atoms with Crippen LogP contribution in [-0.2, 0) is 9.53 Å². The Bertz CT molecular complexity index is 391. The van der Waals surface area contributed by atoms with Crippen LogP contribution in [0.15, 0.2) is 18.2 Å². The highest BCUT2D eigenvalue weighted by Gasteiger charge is 2.07. The number of benzene rings is 1. The van der Waals surface area contributed by atoms with Crippen LogP contribution in [0.3, 0.4) is 0 Å². The van der Waals surface area contributed by atoms with Crippen LogP contribution in [0.1, 0.15) is 25.3 Å². The average Bonchev–Trinajstić information content (AvgIpc) is 2.30. The Hall–Kier alpha value is -1.55. The number of ether oxygens (including phenoxy) is 1. The number of rotatable bonds is 5. The average molecular weight is 236 g/mol. The predicted octanol–water partition coefficient (Wildman–Crippen LogP) is 2.33. The molecule has 94 valence electrons. The molecular formula is C13H20N2O2. The van der Waals surface area contributed by atoms with E-state index >= 15 is 0 Å². The fraction of sp³-hybridized carbons (Fsp3) is 0.462. The maximum Gasteiger partial charge on any atom is 0.224 e. The number of nitrogens with one attached hydrogen (secondary N) is 1. The summed E-state index contributed by atoms with van der Waals surface area (Å²) in [5.41, 5.74) is 8.11. The van der Waals surface area contributed by atoms with Crippen LogP contribution in [0.25, 0.3) is 0 Å². The van der Waals surface area contributed by atoms with Gasteiger partial charge in [0.15, 0.2) is 0 Å². The van der Waals surface area contributed by atoms with E-state index in [0.29, 0.717) is 18.5 Å². The summed E-state index contributed by atoms with van der Waals surface area (Å²) in [6.07, 6.45) is 1.26. The molecular weight excluding hydrogens is 216 g/mol. The smallest absolute Gasteiger partial charge is 0.224 e. The van der Waals surface area contributed by atoms with E-state index < -0.39 is 0 Å². The third kappa shape index (κ3) is 4.44. The molecule has 0 heterocycles. The first-order valence-corrected chi connectivity index (χ1v) is 5.71.